The second-order valence-corrected chi connectivity index (χ2v) is 5.48. The highest BCUT2D eigenvalue weighted by Gasteiger charge is 2.19. The van der Waals surface area contributed by atoms with Gasteiger partial charge in [-0.3, -0.25) is 4.68 Å². The van der Waals surface area contributed by atoms with E-state index in [0.717, 1.165) is 25.8 Å². The molecule has 1 aromatic heterocycles. The van der Waals surface area contributed by atoms with Crippen LogP contribution in [-0.2, 0) is 19.9 Å². The van der Waals surface area contributed by atoms with E-state index < -0.39 is 0 Å². The molecule has 4 heteroatoms. The van der Waals surface area contributed by atoms with E-state index in [0.29, 0.717) is 11.8 Å². The van der Waals surface area contributed by atoms with Gasteiger partial charge in [0.1, 0.15) is 5.75 Å². The third kappa shape index (κ3) is 2.70. The van der Waals surface area contributed by atoms with Gasteiger partial charge in [0.15, 0.2) is 0 Å². The summed E-state index contributed by atoms with van der Waals surface area (Å²) >= 11 is 0. The molecule has 4 nitrogen and oxygen atoms in total. The predicted molar refractivity (Wildman–Crippen MR) is 78.7 cm³/mol. The average molecular weight is 271 g/mol. The van der Waals surface area contributed by atoms with Crippen molar-refractivity contribution in [3.05, 3.63) is 47.3 Å². The van der Waals surface area contributed by atoms with Crippen LogP contribution < -0.4 is 5.32 Å². The summed E-state index contributed by atoms with van der Waals surface area (Å²) in [5.74, 6) is 0.365. The first-order valence-electron chi connectivity index (χ1n) is 7.26. The fourth-order valence-corrected chi connectivity index (χ4v) is 3.02. The molecule has 0 spiro atoms. The molecule has 1 aliphatic rings. The van der Waals surface area contributed by atoms with Gasteiger partial charge in [-0.05, 0) is 48.6 Å². The Morgan fingerprint density at radius 3 is 3.10 bits per heavy atom. The molecular formula is C16H21N3O. The number of fused-ring (bicyclic) bond motifs is 1. The molecule has 1 heterocycles. The minimum atomic E-state index is 0.360. The van der Waals surface area contributed by atoms with Crippen LogP contribution in [0.1, 0.15) is 35.7 Å². The number of aryl methyl sites for hydroxylation is 2. The van der Waals surface area contributed by atoms with Crippen LogP contribution in [0, 0.1) is 0 Å². The maximum Gasteiger partial charge on any atom is 0.115 e. The monoisotopic (exact) mass is 271 g/mol. The molecular weight excluding hydrogens is 250 g/mol. The zero-order valence-corrected chi connectivity index (χ0v) is 11.8. The van der Waals surface area contributed by atoms with Crippen LogP contribution >= 0.6 is 0 Å². The standard InChI is InChI=1S/C16H21N3O/c1-19-13(8-10-18-19)7-9-17-16-4-2-3-12-5-6-14(20)11-15(12)16/h5-6,8,10-11,16-17,20H,2-4,7,9H2,1H3. The number of hydrogen-bond acceptors (Lipinski definition) is 3. The first-order chi connectivity index (χ1) is 9.74. The Hall–Kier alpha value is -1.81. The van der Waals surface area contributed by atoms with Crippen LogP contribution in [0.2, 0.25) is 0 Å². The first-order valence-corrected chi connectivity index (χ1v) is 7.26. The Kier molecular flexibility index (Phi) is 3.74. The summed E-state index contributed by atoms with van der Waals surface area (Å²) in [4.78, 5) is 0. The van der Waals surface area contributed by atoms with Gasteiger partial charge in [0.25, 0.3) is 0 Å². The van der Waals surface area contributed by atoms with Gasteiger partial charge in [-0.1, -0.05) is 6.07 Å². The van der Waals surface area contributed by atoms with E-state index >= 15 is 0 Å². The van der Waals surface area contributed by atoms with E-state index in [1.165, 1.54) is 23.2 Å². The highest BCUT2D eigenvalue weighted by atomic mass is 16.3. The maximum absolute atomic E-state index is 9.68. The third-order valence-electron chi connectivity index (χ3n) is 4.14. The lowest BCUT2D eigenvalue weighted by Crippen LogP contribution is -2.27. The predicted octanol–water partition coefficient (Wildman–Crippen LogP) is 2.34. The van der Waals surface area contributed by atoms with Gasteiger partial charge in [0.2, 0.25) is 0 Å². The van der Waals surface area contributed by atoms with Crippen LogP contribution in [0.3, 0.4) is 0 Å². The minimum absolute atomic E-state index is 0.360. The minimum Gasteiger partial charge on any atom is -0.508 e. The van der Waals surface area contributed by atoms with Crippen LogP contribution in [0.15, 0.2) is 30.5 Å². The molecule has 1 aromatic carbocycles. The van der Waals surface area contributed by atoms with E-state index in [2.05, 4.69) is 22.5 Å². The lowest BCUT2D eigenvalue weighted by atomic mass is 9.87. The second kappa shape index (κ2) is 5.67. The number of nitrogens with zero attached hydrogens (tertiary/aromatic N) is 2. The molecule has 2 aromatic rings. The molecule has 20 heavy (non-hydrogen) atoms. The Bertz CT molecular complexity index is 591. The largest absolute Gasteiger partial charge is 0.508 e. The van der Waals surface area contributed by atoms with Crippen LogP contribution in [0.25, 0.3) is 0 Å². The molecule has 3 rings (SSSR count). The van der Waals surface area contributed by atoms with Crippen molar-refractivity contribution in [2.75, 3.05) is 6.54 Å². The first kappa shape index (κ1) is 13.2. The van der Waals surface area contributed by atoms with E-state index in [1.807, 2.05) is 24.0 Å². The second-order valence-electron chi connectivity index (χ2n) is 5.48. The van der Waals surface area contributed by atoms with Crippen molar-refractivity contribution >= 4 is 0 Å². The van der Waals surface area contributed by atoms with E-state index in [9.17, 15) is 5.11 Å². The normalized spacial score (nSPS) is 17.9. The summed E-state index contributed by atoms with van der Waals surface area (Å²) < 4.78 is 1.92. The molecule has 0 saturated heterocycles. The summed E-state index contributed by atoms with van der Waals surface area (Å²) in [5, 5.41) is 17.5. The Morgan fingerprint density at radius 2 is 2.30 bits per heavy atom. The van der Waals surface area contributed by atoms with Crippen LogP contribution in [-0.4, -0.2) is 21.4 Å². The molecule has 0 radical (unpaired) electrons. The van der Waals surface area contributed by atoms with Gasteiger partial charge < -0.3 is 10.4 Å². The lowest BCUT2D eigenvalue weighted by molar-refractivity contribution is 0.446. The quantitative estimate of drug-likeness (QED) is 0.897. The number of aromatic nitrogens is 2. The number of phenols is 1. The molecule has 1 atom stereocenters. The smallest absolute Gasteiger partial charge is 0.115 e. The van der Waals surface area contributed by atoms with Crippen LogP contribution in [0.5, 0.6) is 5.75 Å². The van der Waals surface area contributed by atoms with Gasteiger partial charge in [0.05, 0.1) is 0 Å². The topological polar surface area (TPSA) is 50.1 Å². The molecule has 1 aliphatic carbocycles. The highest BCUT2D eigenvalue weighted by molar-refractivity contribution is 5.38. The molecule has 0 fully saturated rings. The van der Waals surface area contributed by atoms with Crippen molar-refractivity contribution in [1.82, 2.24) is 15.1 Å². The molecule has 0 saturated carbocycles. The SMILES string of the molecule is Cn1nccc1CCNC1CCCc2ccc(O)cc21. The fraction of sp³-hybridized carbons (Fsp3) is 0.438. The fourth-order valence-electron chi connectivity index (χ4n) is 3.02. The molecule has 0 aliphatic heterocycles. The van der Waals surface area contributed by atoms with Crippen molar-refractivity contribution in [1.29, 1.82) is 0 Å². The Labute approximate surface area is 119 Å². The number of aromatic hydroxyl groups is 1. The maximum atomic E-state index is 9.68. The van der Waals surface area contributed by atoms with Crippen molar-refractivity contribution in [2.45, 2.75) is 31.7 Å². The van der Waals surface area contributed by atoms with Crippen LogP contribution in [0.4, 0.5) is 0 Å². The number of hydrogen-bond donors (Lipinski definition) is 2. The average Bonchev–Trinajstić information content (AvgIpc) is 2.85. The third-order valence-corrected chi connectivity index (χ3v) is 4.14. The number of phenolic OH excluding ortho intramolecular Hbond substituents is 1. The van der Waals surface area contributed by atoms with E-state index in [4.69, 9.17) is 0 Å². The van der Waals surface area contributed by atoms with Gasteiger partial charge >= 0.3 is 0 Å². The summed E-state index contributed by atoms with van der Waals surface area (Å²) in [6.07, 6.45) is 6.28. The van der Waals surface area contributed by atoms with Gasteiger partial charge in [-0.2, -0.15) is 5.10 Å². The van der Waals surface area contributed by atoms with Gasteiger partial charge in [-0.25, -0.2) is 0 Å². The highest BCUT2D eigenvalue weighted by Crippen LogP contribution is 2.31. The van der Waals surface area contributed by atoms with Crippen molar-refractivity contribution in [3.8, 4) is 5.75 Å². The Morgan fingerprint density at radius 1 is 1.40 bits per heavy atom. The summed E-state index contributed by atoms with van der Waals surface area (Å²) in [6, 6.07) is 8.17. The van der Waals surface area contributed by atoms with Crippen molar-refractivity contribution in [2.24, 2.45) is 7.05 Å². The zero-order chi connectivity index (χ0) is 13.9. The summed E-state index contributed by atoms with van der Waals surface area (Å²) in [6.45, 7) is 0.930. The zero-order valence-electron chi connectivity index (χ0n) is 11.8. The molecule has 0 amide bonds. The van der Waals surface area contributed by atoms with E-state index in [-0.39, 0.29) is 0 Å². The van der Waals surface area contributed by atoms with E-state index in [1.54, 1.807) is 6.07 Å². The number of benzene rings is 1. The van der Waals surface area contributed by atoms with Gasteiger partial charge in [0, 0.05) is 37.9 Å². The van der Waals surface area contributed by atoms with Gasteiger partial charge in [-0.15, -0.1) is 0 Å². The Balaban J connectivity index is 1.64. The molecule has 2 N–H and O–H groups in total. The lowest BCUT2D eigenvalue weighted by Gasteiger charge is -2.26. The summed E-state index contributed by atoms with van der Waals surface area (Å²) in [7, 11) is 1.98. The summed E-state index contributed by atoms with van der Waals surface area (Å²) in [5.41, 5.74) is 3.87. The van der Waals surface area contributed by atoms with Crippen molar-refractivity contribution in [3.63, 3.8) is 0 Å². The number of nitrogens with one attached hydrogen (secondary N) is 1. The molecule has 106 valence electrons. The number of rotatable bonds is 4. The molecule has 1 unspecified atom stereocenters. The van der Waals surface area contributed by atoms with Crippen molar-refractivity contribution < 1.29 is 5.11 Å². The molecule has 0 bridgehead atoms.